The first-order chi connectivity index (χ1) is 13.6. The van der Waals surface area contributed by atoms with E-state index in [4.69, 9.17) is 5.73 Å². The number of anilines is 1. The van der Waals surface area contributed by atoms with Crippen LogP contribution in [0.4, 0.5) is 10.1 Å². The van der Waals surface area contributed by atoms with Gasteiger partial charge in [0, 0.05) is 42.8 Å². The van der Waals surface area contributed by atoms with Crippen LogP contribution in [0.5, 0.6) is 0 Å². The summed E-state index contributed by atoms with van der Waals surface area (Å²) >= 11 is 0. The molecule has 0 bridgehead atoms. The average Bonchev–Trinajstić information content (AvgIpc) is 2.72. The van der Waals surface area contributed by atoms with Gasteiger partial charge in [-0.15, -0.1) is 0 Å². The van der Waals surface area contributed by atoms with Gasteiger partial charge in [0.15, 0.2) is 5.82 Å². The Hall–Kier alpha value is -3.13. The lowest BCUT2D eigenvalue weighted by Gasteiger charge is -2.24. The fraction of sp³-hybridized carbons (Fsp3) is 0.300. The van der Waals surface area contributed by atoms with E-state index in [2.05, 4.69) is 20.3 Å². The molecular weight excluding hydrogens is 359 g/mol. The van der Waals surface area contributed by atoms with E-state index in [0.29, 0.717) is 27.9 Å². The van der Waals surface area contributed by atoms with Crippen molar-refractivity contribution in [3.63, 3.8) is 0 Å². The normalized spacial score (nSPS) is 15.5. The number of hydrogen-bond acceptors (Lipinski definition) is 6. The van der Waals surface area contributed by atoms with Gasteiger partial charge in [0.1, 0.15) is 5.82 Å². The van der Waals surface area contributed by atoms with Crippen LogP contribution >= 0.6 is 0 Å². The molecule has 0 atom stereocenters. The number of piperidine rings is 1. The topological polar surface area (TPSA) is 98.2 Å². The summed E-state index contributed by atoms with van der Waals surface area (Å²) in [6, 6.07) is 4.97. The Morgan fingerprint density at radius 2 is 2.14 bits per heavy atom. The number of halogens is 1. The predicted molar refractivity (Wildman–Crippen MR) is 108 cm³/mol. The third kappa shape index (κ3) is 3.27. The zero-order chi connectivity index (χ0) is 19.7. The Morgan fingerprint density at radius 1 is 1.36 bits per heavy atom. The van der Waals surface area contributed by atoms with Crippen molar-refractivity contribution < 1.29 is 4.39 Å². The van der Waals surface area contributed by atoms with Crippen LogP contribution in [0.3, 0.4) is 0 Å². The van der Waals surface area contributed by atoms with Gasteiger partial charge in [-0.2, -0.15) is 0 Å². The van der Waals surface area contributed by atoms with E-state index in [1.807, 2.05) is 6.07 Å². The molecule has 2 aromatic heterocycles. The maximum absolute atomic E-state index is 14.2. The highest BCUT2D eigenvalue weighted by atomic mass is 19.1. The maximum Gasteiger partial charge on any atom is 0.261 e. The standard InChI is InChI=1S/C20H21FN6O/c1-23-10-13-8-12(9-16(21)18(13)22)19-25-11-15-17(26-19)4-7-27(20(15)28)14-2-5-24-6-3-14/h4,7-11,14,24H,2-3,5-6,22H2,1H3. The monoisotopic (exact) mass is 380 g/mol. The molecule has 3 heterocycles. The lowest BCUT2D eigenvalue weighted by Crippen LogP contribution is -2.34. The number of nitrogens with one attached hydrogen (secondary N) is 1. The molecule has 3 N–H and O–H groups in total. The summed E-state index contributed by atoms with van der Waals surface area (Å²) in [5, 5.41) is 3.75. The molecule has 1 saturated heterocycles. The van der Waals surface area contributed by atoms with Crippen molar-refractivity contribution in [1.82, 2.24) is 19.9 Å². The van der Waals surface area contributed by atoms with E-state index < -0.39 is 5.82 Å². The number of hydrogen-bond donors (Lipinski definition) is 2. The quantitative estimate of drug-likeness (QED) is 0.536. The van der Waals surface area contributed by atoms with Crippen LogP contribution in [0.1, 0.15) is 24.4 Å². The fourth-order valence-corrected chi connectivity index (χ4v) is 3.57. The summed E-state index contributed by atoms with van der Waals surface area (Å²) in [5.74, 6) is -0.228. The zero-order valence-corrected chi connectivity index (χ0v) is 15.5. The number of rotatable bonds is 3. The van der Waals surface area contributed by atoms with E-state index in [1.165, 1.54) is 18.5 Å². The van der Waals surface area contributed by atoms with Crippen LogP contribution in [-0.4, -0.2) is 40.9 Å². The van der Waals surface area contributed by atoms with Crippen molar-refractivity contribution >= 4 is 22.8 Å². The number of nitrogen functional groups attached to an aromatic ring is 1. The smallest absolute Gasteiger partial charge is 0.261 e. The van der Waals surface area contributed by atoms with E-state index in [9.17, 15) is 9.18 Å². The minimum atomic E-state index is -0.558. The van der Waals surface area contributed by atoms with Crippen LogP contribution in [-0.2, 0) is 0 Å². The first-order valence-electron chi connectivity index (χ1n) is 9.18. The molecule has 1 aliphatic rings. The summed E-state index contributed by atoms with van der Waals surface area (Å²) in [6.45, 7) is 1.80. The van der Waals surface area contributed by atoms with Crippen molar-refractivity contribution in [2.24, 2.45) is 4.99 Å². The molecule has 1 aliphatic heterocycles. The van der Waals surface area contributed by atoms with Gasteiger partial charge in [0.25, 0.3) is 5.56 Å². The van der Waals surface area contributed by atoms with Gasteiger partial charge in [-0.1, -0.05) is 0 Å². The number of aliphatic imine (C=N–C) groups is 1. The first-order valence-corrected chi connectivity index (χ1v) is 9.18. The maximum atomic E-state index is 14.2. The number of pyridine rings is 1. The van der Waals surface area contributed by atoms with Crippen LogP contribution in [0.25, 0.3) is 22.3 Å². The SMILES string of the molecule is CN=Cc1cc(-c2ncc3c(=O)n(C4CCNCC4)ccc3n2)cc(F)c1N. The number of aromatic nitrogens is 3. The molecule has 8 heteroatoms. The van der Waals surface area contributed by atoms with Gasteiger partial charge in [0.2, 0.25) is 0 Å². The molecule has 0 amide bonds. The molecule has 1 aromatic carbocycles. The average molecular weight is 380 g/mol. The summed E-state index contributed by atoms with van der Waals surface area (Å²) in [6.07, 6.45) is 6.61. The van der Waals surface area contributed by atoms with Crippen molar-refractivity contribution in [2.45, 2.75) is 18.9 Å². The molecular formula is C20H21FN6O. The van der Waals surface area contributed by atoms with Crippen LogP contribution in [0, 0.1) is 5.82 Å². The largest absolute Gasteiger partial charge is 0.396 e. The number of nitrogens with two attached hydrogens (primary N) is 1. The molecule has 0 spiro atoms. The Bertz CT molecular complexity index is 1120. The highest BCUT2D eigenvalue weighted by molar-refractivity contribution is 5.89. The predicted octanol–water partition coefficient (Wildman–Crippen LogP) is 2.15. The molecule has 4 rings (SSSR count). The number of fused-ring (bicyclic) bond motifs is 1. The third-order valence-corrected chi connectivity index (χ3v) is 5.07. The number of benzene rings is 1. The Labute approximate surface area is 161 Å². The molecule has 144 valence electrons. The lowest BCUT2D eigenvalue weighted by atomic mass is 10.1. The van der Waals surface area contributed by atoms with Crippen molar-refractivity contribution in [2.75, 3.05) is 25.9 Å². The molecule has 28 heavy (non-hydrogen) atoms. The Kier molecular flexibility index (Phi) is 4.87. The van der Waals surface area contributed by atoms with Crippen LogP contribution in [0.15, 0.2) is 40.4 Å². The minimum Gasteiger partial charge on any atom is -0.396 e. The van der Waals surface area contributed by atoms with E-state index >= 15 is 0 Å². The molecule has 0 saturated carbocycles. The highest BCUT2D eigenvalue weighted by Gasteiger charge is 2.18. The van der Waals surface area contributed by atoms with Gasteiger partial charge in [-0.25, -0.2) is 14.4 Å². The second-order valence-electron chi connectivity index (χ2n) is 6.85. The summed E-state index contributed by atoms with van der Waals surface area (Å²) in [7, 11) is 1.59. The molecule has 0 aliphatic carbocycles. The van der Waals surface area contributed by atoms with E-state index in [-0.39, 0.29) is 17.3 Å². The second-order valence-corrected chi connectivity index (χ2v) is 6.85. The second kappa shape index (κ2) is 7.47. The van der Waals surface area contributed by atoms with Crippen molar-refractivity contribution in [3.05, 3.63) is 52.3 Å². The number of nitrogens with zero attached hydrogens (tertiary/aromatic N) is 4. The van der Waals surface area contributed by atoms with E-state index in [0.717, 1.165) is 25.9 Å². The van der Waals surface area contributed by atoms with Gasteiger partial charge in [-0.05, 0) is 44.1 Å². The molecule has 1 fully saturated rings. The molecule has 0 radical (unpaired) electrons. The molecule has 3 aromatic rings. The third-order valence-electron chi connectivity index (χ3n) is 5.07. The van der Waals surface area contributed by atoms with Gasteiger partial charge >= 0.3 is 0 Å². The van der Waals surface area contributed by atoms with Crippen molar-refractivity contribution in [1.29, 1.82) is 0 Å². The lowest BCUT2D eigenvalue weighted by molar-refractivity contribution is 0.362. The minimum absolute atomic E-state index is 0.0278. The first kappa shape index (κ1) is 18.2. The summed E-state index contributed by atoms with van der Waals surface area (Å²) in [4.78, 5) is 25.6. The summed E-state index contributed by atoms with van der Waals surface area (Å²) in [5.41, 5.74) is 7.16. The Morgan fingerprint density at radius 3 is 2.89 bits per heavy atom. The molecule has 0 unspecified atom stereocenters. The van der Waals surface area contributed by atoms with E-state index in [1.54, 1.807) is 23.9 Å². The zero-order valence-electron chi connectivity index (χ0n) is 15.5. The fourth-order valence-electron chi connectivity index (χ4n) is 3.57. The highest BCUT2D eigenvalue weighted by Crippen LogP contribution is 2.25. The van der Waals surface area contributed by atoms with Gasteiger partial charge in [-0.3, -0.25) is 9.79 Å². The van der Waals surface area contributed by atoms with Gasteiger partial charge < -0.3 is 15.6 Å². The summed E-state index contributed by atoms with van der Waals surface area (Å²) < 4.78 is 16.0. The van der Waals surface area contributed by atoms with Gasteiger partial charge in [0.05, 0.1) is 16.6 Å². The van der Waals surface area contributed by atoms with Crippen LogP contribution in [0.2, 0.25) is 0 Å². The van der Waals surface area contributed by atoms with Crippen molar-refractivity contribution in [3.8, 4) is 11.4 Å². The Balaban J connectivity index is 1.78. The molecule has 7 nitrogen and oxygen atoms in total. The van der Waals surface area contributed by atoms with Crippen LogP contribution < -0.4 is 16.6 Å².